The van der Waals surface area contributed by atoms with Crippen LogP contribution in [0.2, 0.25) is 0 Å². The van der Waals surface area contributed by atoms with Crippen LogP contribution in [0.5, 0.6) is 0 Å². The van der Waals surface area contributed by atoms with Crippen molar-refractivity contribution in [3.05, 3.63) is 60.3 Å². The van der Waals surface area contributed by atoms with Crippen LogP contribution in [0.15, 0.2) is 54.7 Å². The summed E-state index contributed by atoms with van der Waals surface area (Å²) in [6.45, 7) is 3.14. The van der Waals surface area contributed by atoms with Crippen LogP contribution in [0, 0.1) is 0 Å². The van der Waals surface area contributed by atoms with Crippen LogP contribution in [0.4, 0.5) is 11.4 Å². The van der Waals surface area contributed by atoms with Crippen molar-refractivity contribution in [1.82, 2.24) is 4.98 Å². The first-order valence-corrected chi connectivity index (χ1v) is 9.58. The standard InChI is InChI=1S/C22H23N3O2/c26-21(22(9-10-22)17-15-23-18-6-2-1-5-16(17)18)24-19-7-3-4-8-20(19)25-11-13-27-14-12-25/h1-8,15,23H,9-14H2,(H,24,26). The normalized spacial score (nSPS) is 18.4. The molecule has 27 heavy (non-hydrogen) atoms. The number of carbonyl (C=O) groups excluding carboxylic acids is 1. The van der Waals surface area contributed by atoms with Gasteiger partial charge in [-0.3, -0.25) is 4.79 Å². The van der Waals surface area contributed by atoms with Gasteiger partial charge in [-0.1, -0.05) is 30.3 Å². The van der Waals surface area contributed by atoms with Crippen molar-refractivity contribution in [2.45, 2.75) is 18.3 Å². The van der Waals surface area contributed by atoms with Crippen molar-refractivity contribution in [1.29, 1.82) is 0 Å². The van der Waals surface area contributed by atoms with Gasteiger partial charge < -0.3 is 19.9 Å². The molecular formula is C22H23N3O2. The minimum Gasteiger partial charge on any atom is -0.378 e. The number of nitrogens with zero attached hydrogens (tertiary/aromatic N) is 1. The van der Waals surface area contributed by atoms with E-state index < -0.39 is 5.41 Å². The summed E-state index contributed by atoms with van der Waals surface area (Å²) in [5.41, 5.74) is 3.73. The molecule has 0 unspecified atom stereocenters. The average molecular weight is 361 g/mol. The van der Waals surface area contributed by atoms with E-state index in [0.717, 1.165) is 67.0 Å². The molecule has 1 aliphatic carbocycles. The van der Waals surface area contributed by atoms with Crippen LogP contribution in [-0.4, -0.2) is 37.2 Å². The summed E-state index contributed by atoms with van der Waals surface area (Å²) in [5, 5.41) is 4.37. The molecule has 2 aromatic carbocycles. The molecule has 1 saturated carbocycles. The molecule has 2 aliphatic rings. The van der Waals surface area contributed by atoms with Crippen molar-refractivity contribution in [3.63, 3.8) is 0 Å². The molecule has 3 aromatic rings. The molecule has 1 aromatic heterocycles. The Bertz CT molecular complexity index is 984. The van der Waals surface area contributed by atoms with Gasteiger partial charge in [0.2, 0.25) is 5.91 Å². The zero-order valence-corrected chi connectivity index (χ0v) is 15.2. The molecule has 1 aliphatic heterocycles. The van der Waals surface area contributed by atoms with Crippen LogP contribution in [0.3, 0.4) is 0 Å². The molecule has 138 valence electrons. The smallest absolute Gasteiger partial charge is 0.235 e. The first kappa shape index (κ1) is 16.4. The molecule has 0 atom stereocenters. The maximum absolute atomic E-state index is 13.3. The van der Waals surface area contributed by atoms with Gasteiger partial charge in [0.05, 0.1) is 30.0 Å². The molecule has 2 heterocycles. The van der Waals surface area contributed by atoms with Gasteiger partial charge in [0.15, 0.2) is 0 Å². The summed E-state index contributed by atoms with van der Waals surface area (Å²) < 4.78 is 5.46. The molecule has 5 nitrogen and oxygen atoms in total. The van der Waals surface area contributed by atoms with Gasteiger partial charge in [-0.15, -0.1) is 0 Å². The Kier molecular flexibility index (Phi) is 3.90. The number of fused-ring (bicyclic) bond motifs is 1. The van der Waals surface area contributed by atoms with E-state index in [2.05, 4.69) is 33.4 Å². The lowest BCUT2D eigenvalue weighted by Gasteiger charge is -2.30. The summed E-state index contributed by atoms with van der Waals surface area (Å²) in [7, 11) is 0. The summed E-state index contributed by atoms with van der Waals surface area (Å²) in [4.78, 5) is 18.9. The monoisotopic (exact) mass is 361 g/mol. The van der Waals surface area contributed by atoms with Gasteiger partial charge in [-0.2, -0.15) is 0 Å². The lowest BCUT2D eigenvalue weighted by atomic mass is 9.94. The second kappa shape index (κ2) is 6.43. The number of H-pyrrole nitrogens is 1. The molecular weight excluding hydrogens is 338 g/mol. The first-order valence-electron chi connectivity index (χ1n) is 9.58. The molecule has 0 spiro atoms. The van der Waals surface area contributed by atoms with Gasteiger partial charge in [-0.05, 0) is 36.6 Å². The van der Waals surface area contributed by atoms with Gasteiger partial charge in [0, 0.05) is 30.2 Å². The molecule has 1 amide bonds. The number of carbonyl (C=O) groups is 1. The zero-order chi connectivity index (χ0) is 18.3. The summed E-state index contributed by atoms with van der Waals surface area (Å²) >= 11 is 0. The highest BCUT2D eigenvalue weighted by Gasteiger charge is 2.52. The van der Waals surface area contributed by atoms with Crippen LogP contribution in [-0.2, 0) is 14.9 Å². The van der Waals surface area contributed by atoms with E-state index in [0.29, 0.717) is 0 Å². The van der Waals surface area contributed by atoms with Gasteiger partial charge >= 0.3 is 0 Å². The van der Waals surface area contributed by atoms with Crippen LogP contribution >= 0.6 is 0 Å². The Morgan fingerprint density at radius 3 is 2.59 bits per heavy atom. The van der Waals surface area contributed by atoms with E-state index >= 15 is 0 Å². The second-order valence-corrected chi connectivity index (χ2v) is 7.40. The fraction of sp³-hybridized carbons (Fsp3) is 0.318. The van der Waals surface area contributed by atoms with E-state index in [1.807, 2.05) is 36.5 Å². The number of para-hydroxylation sites is 3. The Balaban J connectivity index is 1.44. The number of aromatic amines is 1. The molecule has 2 fully saturated rings. The summed E-state index contributed by atoms with van der Waals surface area (Å²) in [6, 6.07) is 16.3. The minimum atomic E-state index is -0.419. The number of rotatable bonds is 4. The third-order valence-corrected chi connectivity index (χ3v) is 5.79. The molecule has 5 heteroatoms. The number of morpholine rings is 1. The maximum atomic E-state index is 13.3. The second-order valence-electron chi connectivity index (χ2n) is 7.40. The number of ether oxygens (including phenoxy) is 1. The number of anilines is 2. The highest BCUT2D eigenvalue weighted by atomic mass is 16.5. The van der Waals surface area contributed by atoms with E-state index in [4.69, 9.17) is 4.74 Å². The van der Waals surface area contributed by atoms with E-state index in [-0.39, 0.29) is 5.91 Å². The molecule has 1 saturated heterocycles. The quantitative estimate of drug-likeness (QED) is 0.745. The predicted octanol–water partition coefficient (Wildman–Crippen LogP) is 3.67. The van der Waals surface area contributed by atoms with E-state index in [1.165, 1.54) is 0 Å². The Morgan fingerprint density at radius 1 is 1.04 bits per heavy atom. The lowest BCUT2D eigenvalue weighted by molar-refractivity contribution is -0.118. The third kappa shape index (κ3) is 2.79. The highest BCUT2D eigenvalue weighted by Crippen LogP contribution is 2.51. The summed E-state index contributed by atoms with van der Waals surface area (Å²) in [6.07, 6.45) is 3.78. The van der Waals surface area contributed by atoms with Crippen molar-refractivity contribution in [2.24, 2.45) is 0 Å². The number of hydrogen-bond acceptors (Lipinski definition) is 3. The Labute approximate surface area is 158 Å². The van der Waals surface area contributed by atoms with Gasteiger partial charge in [0.1, 0.15) is 0 Å². The van der Waals surface area contributed by atoms with Crippen LogP contribution in [0.25, 0.3) is 10.9 Å². The number of aromatic nitrogens is 1. The van der Waals surface area contributed by atoms with Crippen molar-refractivity contribution >= 4 is 28.2 Å². The maximum Gasteiger partial charge on any atom is 0.235 e. The fourth-order valence-corrected chi connectivity index (χ4v) is 4.11. The van der Waals surface area contributed by atoms with E-state index in [1.54, 1.807) is 0 Å². The van der Waals surface area contributed by atoms with Crippen molar-refractivity contribution in [2.75, 3.05) is 36.5 Å². The molecule has 0 bridgehead atoms. The number of benzene rings is 2. The average Bonchev–Trinajstić information content (AvgIpc) is 3.42. The lowest BCUT2D eigenvalue weighted by Crippen LogP contribution is -2.37. The Hall–Kier alpha value is -2.79. The SMILES string of the molecule is O=C(Nc1ccccc1N1CCOCC1)C1(c2c[nH]c3ccccc23)CC1. The van der Waals surface area contributed by atoms with Gasteiger partial charge in [0.25, 0.3) is 0 Å². The van der Waals surface area contributed by atoms with E-state index in [9.17, 15) is 4.79 Å². The van der Waals surface area contributed by atoms with Crippen molar-refractivity contribution in [3.8, 4) is 0 Å². The first-order chi connectivity index (χ1) is 13.3. The fourth-order valence-electron chi connectivity index (χ4n) is 4.11. The highest BCUT2D eigenvalue weighted by molar-refractivity contribution is 6.06. The largest absolute Gasteiger partial charge is 0.378 e. The number of hydrogen-bond donors (Lipinski definition) is 2. The van der Waals surface area contributed by atoms with Crippen molar-refractivity contribution < 1.29 is 9.53 Å². The number of amides is 1. The predicted molar refractivity (Wildman–Crippen MR) is 107 cm³/mol. The topological polar surface area (TPSA) is 57.4 Å². The molecule has 2 N–H and O–H groups in total. The number of nitrogens with one attached hydrogen (secondary N) is 2. The zero-order valence-electron chi connectivity index (χ0n) is 15.2. The van der Waals surface area contributed by atoms with Crippen LogP contribution in [0.1, 0.15) is 18.4 Å². The Morgan fingerprint density at radius 2 is 1.78 bits per heavy atom. The summed E-state index contributed by atoms with van der Waals surface area (Å²) in [5.74, 6) is 0.0907. The van der Waals surface area contributed by atoms with Gasteiger partial charge in [-0.25, -0.2) is 0 Å². The molecule has 5 rings (SSSR count). The molecule has 0 radical (unpaired) electrons. The minimum absolute atomic E-state index is 0.0907. The van der Waals surface area contributed by atoms with Crippen LogP contribution < -0.4 is 10.2 Å². The third-order valence-electron chi connectivity index (χ3n) is 5.79.